The van der Waals surface area contributed by atoms with Crippen LogP contribution in [0.5, 0.6) is 0 Å². The SMILES string of the molecule is CCc1cc2n(c1)CC(C)CC2. The van der Waals surface area contributed by atoms with E-state index in [1.165, 1.54) is 31.4 Å². The van der Waals surface area contributed by atoms with Crippen molar-refractivity contribution in [1.82, 2.24) is 4.57 Å². The third-order valence-corrected chi connectivity index (χ3v) is 2.85. The smallest absolute Gasteiger partial charge is 0.0248 e. The highest BCUT2D eigenvalue weighted by Crippen LogP contribution is 2.21. The predicted octanol–water partition coefficient (Wildman–Crippen LogP) is 2.63. The lowest BCUT2D eigenvalue weighted by Gasteiger charge is -2.20. The molecule has 66 valence electrons. The number of hydrogen-bond donors (Lipinski definition) is 0. The van der Waals surface area contributed by atoms with Crippen molar-refractivity contribution in [1.29, 1.82) is 0 Å². The molecule has 0 amide bonds. The van der Waals surface area contributed by atoms with Gasteiger partial charge in [0.15, 0.2) is 0 Å². The van der Waals surface area contributed by atoms with Crippen LogP contribution in [0, 0.1) is 5.92 Å². The fourth-order valence-corrected chi connectivity index (χ4v) is 2.02. The van der Waals surface area contributed by atoms with E-state index in [-0.39, 0.29) is 0 Å². The van der Waals surface area contributed by atoms with Gasteiger partial charge in [0, 0.05) is 18.4 Å². The quantitative estimate of drug-likeness (QED) is 0.599. The predicted molar refractivity (Wildman–Crippen MR) is 51.3 cm³/mol. The summed E-state index contributed by atoms with van der Waals surface area (Å²) in [6.07, 6.45) is 6.15. The summed E-state index contributed by atoms with van der Waals surface area (Å²) in [6.45, 7) is 5.80. The van der Waals surface area contributed by atoms with Crippen molar-refractivity contribution in [3.63, 3.8) is 0 Å². The second-order valence-corrected chi connectivity index (χ2v) is 3.99. The third-order valence-electron chi connectivity index (χ3n) is 2.85. The van der Waals surface area contributed by atoms with Gasteiger partial charge in [0.25, 0.3) is 0 Å². The molecule has 0 aliphatic carbocycles. The van der Waals surface area contributed by atoms with Crippen LogP contribution in [0.15, 0.2) is 12.3 Å². The van der Waals surface area contributed by atoms with Gasteiger partial charge >= 0.3 is 0 Å². The molecule has 2 heterocycles. The molecule has 0 aromatic carbocycles. The summed E-state index contributed by atoms with van der Waals surface area (Å²) in [5.74, 6) is 0.870. The number of rotatable bonds is 1. The normalized spacial score (nSPS) is 22.3. The van der Waals surface area contributed by atoms with Crippen LogP contribution < -0.4 is 0 Å². The Morgan fingerprint density at radius 1 is 1.58 bits per heavy atom. The van der Waals surface area contributed by atoms with Gasteiger partial charge in [-0.3, -0.25) is 0 Å². The van der Waals surface area contributed by atoms with E-state index in [1.807, 2.05) is 0 Å². The average Bonchev–Trinajstić information content (AvgIpc) is 2.46. The Morgan fingerprint density at radius 2 is 2.42 bits per heavy atom. The van der Waals surface area contributed by atoms with Crippen LogP contribution in [0.2, 0.25) is 0 Å². The Labute approximate surface area is 74.4 Å². The molecular weight excluding hydrogens is 146 g/mol. The van der Waals surface area contributed by atoms with Gasteiger partial charge in [0.1, 0.15) is 0 Å². The fourth-order valence-electron chi connectivity index (χ4n) is 2.02. The van der Waals surface area contributed by atoms with E-state index in [1.54, 1.807) is 5.69 Å². The molecule has 0 saturated carbocycles. The molecule has 0 fully saturated rings. The number of fused-ring (bicyclic) bond motifs is 1. The van der Waals surface area contributed by atoms with Crippen molar-refractivity contribution in [2.75, 3.05) is 0 Å². The van der Waals surface area contributed by atoms with E-state index in [9.17, 15) is 0 Å². The van der Waals surface area contributed by atoms with Crippen molar-refractivity contribution in [3.8, 4) is 0 Å². The molecule has 1 nitrogen and oxygen atoms in total. The summed E-state index contributed by atoms with van der Waals surface area (Å²) in [5, 5.41) is 0. The highest BCUT2D eigenvalue weighted by atomic mass is 15.0. The van der Waals surface area contributed by atoms with E-state index in [0.717, 1.165) is 5.92 Å². The molecule has 12 heavy (non-hydrogen) atoms. The summed E-state index contributed by atoms with van der Waals surface area (Å²) >= 11 is 0. The maximum absolute atomic E-state index is 2.44. The first kappa shape index (κ1) is 7.90. The van der Waals surface area contributed by atoms with Gasteiger partial charge in [-0.05, 0) is 36.8 Å². The maximum Gasteiger partial charge on any atom is 0.0248 e. The van der Waals surface area contributed by atoms with Gasteiger partial charge in [-0.1, -0.05) is 13.8 Å². The van der Waals surface area contributed by atoms with Crippen LogP contribution in [-0.4, -0.2) is 4.57 Å². The Morgan fingerprint density at radius 3 is 3.17 bits per heavy atom. The van der Waals surface area contributed by atoms with E-state index >= 15 is 0 Å². The molecular formula is C11H17N. The summed E-state index contributed by atoms with van der Waals surface area (Å²) in [4.78, 5) is 0. The number of nitrogens with zero attached hydrogens (tertiary/aromatic N) is 1. The monoisotopic (exact) mass is 163 g/mol. The minimum absolute atomic E-state index is 0.870. The van der Waals surface area contributed by atoms with Crippen LogP contribution >= 0.6 is 0 Å². The number of aromatic nitrogens is 1. The zero-order chi connectivity index (χ0) is 8.55. The molecule has 0 radical (unpaired) electrons. The van der Waals surface area contributed by atoms with Gasteiger partial charge in [-0.25, -0.2) is 0 Å². The van der Waals surface area contributed by atoms with Crippen LogP contribution in [0.4, 0.5) is 0 Å². The minimum atomic E-state index is 0.870. The Hall–Kier alpha value is -0.720. The molecule has 1 aliphatic rings. The first-order valence-corrected chi connectivity index (χ1v) is 4.97. The van der Waals surface area contributed by atoms with Crippen molar-refractivity contribution in [2.24, 2.45) is 5.92 Å². The first-order chi connectivity index (χ1) is 5.79. The lowest BCUT2D eigenvalue weighted by molar-refractivity contribution is 0.400. The molecule has 0 N–H and O–H groups in total. The fraction of sp³-hybridized carbons (Fsp3) is 0.636. The second-order valence-electron chi connectivity index (χ2n) is 3.99. The van der Waals surface area contributed by atoms with E-state index in [4.69, 9.17) is 0 Å². The second kappa shape index (κ2) is 2.96. The standard InChI is InChI=1S/C11H17N/c1-3-10-6-11-5-4-9(2)7-12(11)8-10/h6,8-9H,3-5,7H2,1-2H3. The molecule has 1 aromatic rings. The highest BCUT2D eigenvalue weighted by molar-refractivity contribution is 5.20. The maximum atomic E-state index is 2.44. The van der Waals surface area contributed by atoms with E-state index < -0.39 is 0 Å². The topological polar surface area (TPSA) is 4.93 Å². The minimum Gasteiger partial charge on any atom is -0.351 e. The molecule has 1 unspecified atom stereocenters. The van der Waals surface area contributed by atoms with Crippen LogP contribution in [0.1, 0.15) is 31.5 Å². The van der Waals surface area contributed by atoms with Crippen LogP contribution in [0.3, 0.4) is 0 Å². The zero-order valence-electron chi connectivity index (χ0n) is 8.01. The van der Waals surface area contributed by atoms with Crippen molar-refractivity contribution >= 4 is 0 Å². The first-order valence-electron chi connectivity index (χ1n) is 4.97. The van der Waals surface area contributed by atoms with Crippen LogP contribution in [0.25, 0.3) is 0 Å². The molecule has 0 spiro atoms. The zero-order valence-corrected chi connectivity index (χ0v) is 8.01. The van der Waals surface area contributed by atoms with Crippen molar-refractivity contribution in [2.45, 2.75) is 39.7 Å². The van der Waals surface area contributed by atoms with Gasteiger partial charge in [0.2, 0.25) is 0 Å². The Kier molecular flexibility index (Phi) is 1.95. The molecule has 1 heteroatoms. The Balaban J connectivity index is 2.28. The van der Waals surface area contributed by atoms with Gasteiger partial charge in [-0.2, -0.15) is 0 Å². The number of hydrogen-bond acceptors (Lipinski definition) is 0. The van der Waals surface area contributed by atoms with Crippen molar-refractivity contribution < 1.29 is 0 Å². The van der Waals surface area contributed by atoms with Gasteiger partial charge < -0.3 is 4.57 Å². The van der Waals surface area contributed by atoms with Crippen molar-refractivity contribution in [3.05, 3.63) is 23.5 Å². The largest absolute Gasteiger partial charge is 0.351 e. The Bertz CT molecular complexity index is 273. The molecule has 0 bridgehead atoms. The average molecular weight is 163 g/mol. The van der Waals surface area contributed by atoms with Crippen LogP contribution in [-0.2, 0) is 19.4 Å². The van der Waals surface area contributed by atoms with Gasteiger partial charge in [-0.15, -0.1) is 0 Å². The molecule has 1 aromatic heterocycles. The number of aryl methyl sites for hydroxylation is 2. The summed E-state index contributed by atoms with van der Waals surface area (Å²) in [7, 11) is 0. The molecule has 0 saturated heterocycles. The molecule has 2 rings (SSSR count). The summed E-state index contributed by atoms with van der Waals surface area (Å²) in [5.41, 5.74) is 3.05. The summed E-state index contributed by atoms with van der Waals surface area (Å²) < 4.78 is 2.44. The third kappa shape index (κ3) is 1.28. The lowest BCUT2D eigenvalue weighted by Crippen LogP contribution is -2.16. The lowest BCUT2D eigenvalue weighted by atomic mass is 10.0. The summed E-state index contributed by atoms with van der Waals surface area (Å²) in [6, 6.07) is 2.37. The van der Waals surface area contributed by atoms with Gasteiger partial charge in [0.05, 0.1) is 0 Å². The molecule has 1 aliphatic heterocycles. The highest BCUT2D eigenvalue weighted by Gasteiger charge is 2.14. The van der Waals surface area contributed by atoms with E-state index in [2.05, 4.69) is 30.7 Å². The molecule has 1 atom stereocenters. The van der Waals surface area contributed by atoms with E-state index in [0.29, 0.717) is 0 Å².